The molecule has 0 aliphatic heterocycles. The van der Waals surface area contributed by atoms with Gasteiger partial charge in [0.1, 0.15) is 5.75 Å². The van der Waals surface area contributed by atoms with Crippen molar-refractivity contribution in [3.63, 3.8) is 0 Å². The minimum absolute atomic E-state index is 0.0155. The minimum atomic E-state index is -0.144. The zero-order chi connectivity index (χ0) is 15.6. The molecule has 0 bridgehead atoms. The Labute approximate surface area is 151 Å². The van der Waals surface area contributed by atoms with Crippen molar-refractivity contribution >= 4 is 67.4 Å². The van der Waals surface area contributed by atoms with Crippen LogP contribution in [-0.2, 0) is 9.53 Å². The van der Waals surface area contributed by atoms with Gasteiger partial charge in [-0.3, -0.25) is 4.79 Å². The first-order valence-electron chi connectivity index (χ1n) is 6.38. The second-order valence-corrected chi connectivity index (χ2v) is 7.30. The number of rotatable bonds is 4. The Balaban J connectivity index is 2.00. The number of carbonyl (C=O) groups excluding carboxylic acids is 1. The molecular formula is C14H15BrINO3S. The lowest BCUT2D eigenvalue weighted by Gasteiger charge is -2.34. The van der Waals surface area contributed by atoms with Crippen molar-refractivity contribution < 1.29 is 14.3 Å². The van der Waals surface area contributed by atoms with Gasteiger partial charge in [-0.25, -0.2) is 0 Å². The Kier molecular flexibility index (Phi) is 5.84. The van der Waals surface area contributed by atoms with Crippen molar-refractivity contribution in [3.05, 3.63) is 20.2 Å². The number of methoxy groups -OCH3 is 2. The van der Waals surface area contributed by atoms with Crippen molar-refractivity contribution in [3.8, 4) is 5.75 Å². The molecule has 1 aromatic rings. The number of benzene rings is 1. The van der Waals surface area contributed by atoms with Crippen LogP contribution in [-0.4, -0.2) is 25.2 Å². The van der Waals surface area contributed by atoms with E-state index in [4.69, 9.17) is 21.7 Å². The van der Waals surface area contributed by atoms with Crippen LogP contribution in [0.3, 0.4) is 0 Å². The first-order valence-corrected chi connectivity index (χ1v) is 8.66. The molecule has 0 radical (unpaired) electrons. The molecule has 0 spiro atoms. The normalized spacial score (nSPS) is 20.4. The average Bonchev–Trinajstić information content (AvgIpc) is 2.39. The largest absolute Gasteiger partial charge is 0.495 e. The Bertz CT molecular complexity index is 576. The van der Waals surface area contributed by atoms with Gasteiger partial charge in [-0.15, -0.1) is 0 Å². The van der Waals surface area contributed by atoms with Gasteiger partial charge in [0.25, 0.3) is 0 Å². The van der Waals surface area contributed by atoms with Crippen molar-refractivity contribution in [2.45, 2.75) is 12.8 Å². The van der Waals surface area contributed by atoms with Gasteiger partial charge in [-0.1, -0.05) is 12.2 Å². The summed E-state index contributed by atoms with van der Waals surface area (Å²) in [7, 11) is 3.05. The fourth-order valence-electron chi connectivity index (χ4n) is 2.21. The van der Waals surface area contributed by atoms with Crippen molar-refractivity contribution in [1.29, 1.82) is 0 Å². The number of carbonyl (C=O) groups is 1. The van der Waals surface area contributed by atoms with E-state index in [2.05, 4.69) is 43.8 Å². The van der Waals surface area contributed by atoms with Gasteiger partial charge in [0.05, 0.1) is 35.3 Å². The van der Waals surface area contributed by atoms with Gasteiger partial charge in [-0.2, -0.15) is 0 Å². The number of esters is 1. The molecule has 0 heterocycles. The van der Waals surface area contributed by atoms with Crippen LogP contribution in [0.2, 0.25) is 0 Å². The van der Waals surface area contributed by atoms with Crippen molar-refractivity contribution in [2.24, 2.45) is 11.8 Å². The van der Waals surface area contributed by atoms with E-state index in [1.54, 1.807) is 7.11 Å². The number of ether oxygens (including phenoxy) is 2. The molecule has 1 fully saturated rings. The van der Waals surface area contributed by atoms with Crippen LogP contribution < -0.4 is 10.1 Å². The van der Waals surface area contributed by atoms with Crippen LogP contribution in [0.1, 0.15) is 12.8 Å². The number of thiocarbonyl (C=S) groups is 1. The summed E-state index contributed by atoms with van der Waals surface area (Å²) in [6.07, 6.45) is 1.51. The van der Waals surface area contributed by atoms with Crippen LogP contribution in [0.5, 0.6) is 5.75 Å². The van der Waals surface area contributed by atoms with Crippen LogP contribution >= 0.6 is 50.7 Å². The van der Waals surface area contributed by atoms with E-state index >= 15 is 0 Å². The van der Waals surface area contributed by atoms with Gasteiger partial charge in [0.2, 0.25) is 0 Å². The maximum Gasteiger partial charge on any atom is 0.308 e. The van der Waals surface area contributed by atoms with Crippen LogP contribution in [0.4, 0.5) is 5.69 Å². The molecule has 0 unspecified atom stereocenters. The van der Waals surface area contributed by atoms with E-state index < -0.39 is 0 Å². The van der Waals surface area contributed by atoms with Gasteiger partial charge in [-0.05, 0) is 57.4 Å². The van der Waals surface area contributed by atoms with E-state index in [0.29, 0.717) is 0 Å². The summed E-state index contributed by atoms with van der Waals surface area (Å²) in [5, 5.41) is 3.26. The third-order valence-corrected chi connectivity index (χ3v) is 5.49. The molecule has 7 heteroatoms. The molecule has 0 amide bonds. The summed E-state index contributed by atoms with van der Waals surface area (Å²) >= 11 is 11.1. The molecule has 1 aromatic carbocycles. The lowest BCUT2D eigenvalue weighted by molar-refractivity contribution is -0.149. The highest BCUT2D eigenvalue weighted by atomic mass is 127. The second-order valence-electron chi connectivity index (χ2n) is 4.84. The SMILES string of the molecule is COC(=O)C1CC(C(=S)Nc2cc(OC)c(Br)cc2I)C1. The van der Waals surface area contributed by atoms with E-state index in [-0.39, 0.29) is 17.8 Å². The third-order valence-electron chi connectivity index (χ3n) is 3.54. The zero-order valence-electron chi connectivity index (χ0n) is 11.6. The number of anilines is 1. The van der Waals surface area contributed by atoms with Crippen LogP contribution in [0.15, 0.2) is 16.6 Å². The number of halogens is 2. The van der Waals surface area contributed by atoms with Crippen molar-refractivity contribution in [2.75, 3.05) is 19.5 Å². The molecule has 0 saturated heterocycles. The van der Waals surface area contributed by atoms with E-state index in [0.717, 1.165) is 37.3 Å². The Morgan fingerprint density at radius 3 is 2.62 bits per heavy atom. The highest BCUT2D eigenvalue weighted by Crippen LogP contribution is 2.37. The molecular weight excluding hydrogens is 469 g/mol. The first kappa shape index (κ1) is 17.0. The quantitative estimate of drug-likeness (QED) is 0.398. The monoisotopic (exact) mass is 483 g/mol. The summed E-state index contributed by atoms with van der Waals surface area (Å²) in [5.74, 6) is 0.823. The standard InChI is InChI=1S/C14H15BrINO3S/c1-19-12-6-11(10(16)5-9(12)15)17-13(21)7-3-8(4-7)14(18)20-2/h5-8H,3-4H2,1-2H3,(H,17,21). The predicted octanol–water partition coefficient (Wildman–Crippen LogP) is 4.00. The fraction of sp³-hybridized carbons (Fsp3) is 0.429. The zero-order valence-corrected chi connectivity index (χ0v) is 16.2. The predicted molar refractivity (Wildman–Crippen MR) is 97.9 cm³/mol. The molecule has 4 nitrogen and oxygen atoms in total. The molecule has 0 aromatic heterocycles. The van der Waals surface area contributed by atoms with Gasteiger partial charge in [0.15, 0.2) is 0 Å². The van der Waals surface area contributed by atoms with E-state index in [1.165, 1.54) is 7.11 Å². The van der Waals surface area contributed by atoms with E-state index in [9.17, 15) is 4.79 Å². The highest BCUT2D eigenvalue weighted by Gasteiger charge is 2.37. The molecule has 0 atom stereocenters. The topological polar surface area (TPSA) is 47.6 Å². The summed E-state index contributed by atoms with van der Waals surface area (Å²) in [6.45, 7) is 0. The summed E-state index contributed by atoms with van der Waals surface area (Å²) in [4.78, 5) is 12.1. The number of hydrogen-bond donors (Lipinski definition) is 1. The molecule has 1 N–H and O–H groups in total. The molecule has 1 saturated carbocycles. The van der Waals surface area contributed by atoms with Gasteiger partial charge in [0, 0.05) is 15.6 Å². The summed E-state index contributed by atoms with van der Waals surface area (Å²) in [6, 6.07) is 3.89. The van der Waals surface area contributed by atoms with Crippen LogP contribution in [0, 0.1) is 15.4 Å². The lowest BCUT2D eigenvalue weighted by atomic mass is 9.75. The smallest absolute Gasteiger partial charge is 0.308 e. The van der Waals surface area contributed by atoms with Crippen molar-refractivity contribution in [1.82, 2.24) is 0 Å². The molecule has 1 aliphatic rings. The second kappa shape index (κ2) is 7.23. The summed E-state index contributed by atoms with van der Waals surface area (Å²) in [5.41, 5.74) is 0.919. The van der Waals surface area contributed by atoms with Gasteiger partial charge >= 0.3 is 5.97 Å². The Morgan fingerprint density at radius 2 is 2.05 bits per heavy atom. The first-order chi connectivity index (χ1) is 9.96. The minimum Gasteiger partial charge on any atom is -0.495 e. The molecule has 21 heavy (non-hydrogen) atoms. The lowest BCUT2D eigenvalue weighted by Crippen LogP contribution is -2.37. The van der Waals surface area contributed by atoms with Gasteiger partial charge < -0.3 is 14.8 Å². The third kappa shape index (κ3) is 3.87. The maximum absolute atomic E-state index is 11.4. The average molecular weight is 484 g/mol. The van der Waals surface area contributed by atoms with Crippen LogP contribution in [0.25, 0.3) is 0 Å². The Morgan fingerprint density at radius 1 is 1.38 bits per heavy atom. The highest BCUT2D eigenvalue weighted by molar-refractivity contribution is 14.1. The molecule has 1 aliphatic carbocycles. The Hall–Kier alpha value is -0.410. The maximum atomic E-state index is 11.4. The number of hydrogen-bond acceptors (Lipinski definition) is 4. The molecule has 2 rings (SSSR count). The number of nitrogens with one attached hydrogen (secondary N) is 1. The fourth-order valence-corrected chi connectivity index (χ4v) is 4.04. The molecule has 114 valence electrons. The summed E-state index contributed by atoms with van der Waals surface area (Å²) < 4.78 is 12.0. The van der Waals surface area contributed by atoms with E-state index in [1.807, 2.05) is 12.1 Å².